The molecule has 1 N–H and O–H groups in total. The number of nitrogens with zero attached hydrogens (tertiary/aromatic N) is 2. The molecule has 3 aliphatic rings. The van der Waals surface area contributed by atoms with E-state index in [1.807, 2.05) is 0 Å². The van der Waals surface area contributed by atoms with E-state index in [2.05, 4.69) is 0 Å². The molecule has 3 heterocycles. The summed E-state index contributed by atoms with van der Waals surface area (Å²) in [7, 11) is 0. The molecule has 3 aromatic rings. The first-order valence-corrected chi connectivity index (χ1v) is 12.0. The number of carbonyl (C=O) groups excluding carboxylic acids is 2. The van der Waals surface area contributed by atoms with Gasteiger partial charge in [0.1, 0.15) is 17.2 Å². The molecule has 3 saturated heterocycles. The molecular weight excluding hydrogens is 483 g/mol. The lowest BCUT2D eigenvalue weighted by atomic mass is 9.66. The molecule has 0 spiro atoms. The Labute approximate surface area is 210 Å². The topological polar surface area (TPSA) is 119 Å². The van der Waals surface area contributed by atoms with Crippen LogP contribution in [0.5, 0.6) is 5.75 Å². The van der Waals surface area contributed by atoms with Gasteiger partial charge in [0.25, 0.3) is 5.69 Å². The number of carbonyl (C=O) groups is 2. The molecule has 10 heteroatoms. The molecule has 190 valence electrons. The van der Waals surface area contributed by atoms with Crippen molar-refractivity contribution in [3.05, 3.63) is 76.6 Å². The Morgan fingerprint density at radius 2 is 1.76 bits per heavy atom. The first-order valence-electron chi connectivity index (χ1n) is 12.0. The normalized spacial score (nSPS) is 30.2. The SMILES string of the molecule is CC12OC(CCOc3ccc(F)cc3)(C[C@H]1O)[C@@H]1C(=O)N(c3ccc([N+](=O)[O-])c4ccccc34)C(=O)[C@@H]12. The van der Waals surface area contributed by atoms with Gasteiger partial charge in [-0.2, -0.15) is 0 Å². The van der Waals surface area contributed by atoms with Crippen molar-refractivity contribution in [3.8, 4) is 5.75 Å². The summed E-state index contributed by atoms with van der Waals surface area (Å²) in [6.07, 6.45) is -0.581. The van der Waals surface area contributed by atoms with Crippen LogP contribution in [-0.4, -0.2) is 45.8 Å². The molecule has 5 atom stereocenters. The molecule has 6 rings (SSSR count). The Bertz CT molecular complexity index is 1460. The maximum absolute atomic E-state index is 13.9. The first kappa shape index (κ1) is 23.5. The average Bonchev–Trinajstić information content (AvgIpc) is 3.40. The van der Waals surface area contributed by atoms with Crippen molar-refractivity contribution in [2.45, 2.75) is 37.1 Å². The Morgan fingerprint density at radius 3 is 2.46 bits per heavy atom. The van der Waals surface area contributed by atoms with Gasteiger partial charge in [0.05, 0.1) is 46.1 Å². The Morgan fingerprint density at radius 1 is 1.08 bits per heavy atom. The van der Waals surface area contributed by atoms with Gasteiger partial charge in [0.2, 0.25) is 11.8 Å². The van der Waals surface area contributed by atoms with E-state index in [1.54, 1.807) is 31.2 Å². The maximum atomic E-state index is 13.9. The highest BCUT2D eigenvalue weighted by Crippen LogP contribution is 2.62. The Hall–Kier alpha value is -3.89. The summed E-state index contributed by atoms with van der Waals surface area (Å²) in [5.74, 6) is -2.68. The number of nitro groups is 1. The van der Waals surface area contributed by atoms with Crippen molar-refractivity contribution < 1.29 is 33.5 Å². The number of anilines is 1. The number of hydrogen-bond donors (Lipinski definition) is 1. The standard InChI is InChI=1S/C27H23FN2O7/c1-26-21(31)14-27(37-26,12-13-36-16-8-6-15(28)7-9-16)23-22(26)24(32)29(25(23)33)19-10-11-20(30(34)35)18-5-3-2-4-17(18)19/h2-11,21-23,31H,12-14H2,1H3/t21-,22-,23+,26?,27?/m1/s1. The number of aliphatic hydroxyl groups is 1. The van der Waals surface area contributed by atoms with Gasteiger partial charge in [-0.05, 0) is 43.3 Å². The van der Waals surface area contributed by atoms with Crippen LogP contribution in [0, 0.1) is 27.8 Å². The zero-order valence-electron chi connectivity index (χ0n) is 19.8. The van der Waals surface area contributed by atoms with E-state index >= 15 is 0 Å². The highest BCUT2D eigenvalue weighted by atomic mass is 19.1. The molecule has 3 fully saturated rings. The predicted molar refractivity (Wildman–Crippen MR) is 129 cm³/mol. The number of fused-ring (bicyclic) bond motifs is 6. The van der Waals surface area contributed by atoms with E-state index in [4.69, 9.17) is 9.47 Å². The molecule has 2 unspecified atom stereocenters. The molecule has 2 bridgehead atoms. The second kappa shape index (κ2) is 8.06. The van der Waals surface area contributed by atoms with Gasteiger partial charge in [0, 0.05) is 24.3 Å². The van der Waals surface area contributed by atoms with Crippen molar-refractivity contribution in [1.82, 2.24) is 0 Å². The van der Waals surface area contributed by atoms with Crippen LogP contribution < -0.4 is 9.64 Å². The maximum Gasteiger partial charge on any atom is 0.277 e. The number of ether oxygens (including phenoxy) is 2. The van der Waals surface area contributed by atoms with Gasteiger partial charge in [-0.3, -0.25) is 19.7 Å². The number of rotatable bonds is 6. The Balaban J connectivity index is 1.36. The molecule has 0 aromatic heterocycles. The van der Waals surface area contributed by atoms with Crippen molar-refractivity contribution >= 4 is 34.0 Å². The third-order valence-electron chi connectivity index (χ3n) is 8.04. The molecule has 9 nitrogen and oxygen atoms in total. The van der Waals surface area contributed by atoms with Crippen LogP contribution in [0.3, 0.4) is 0 Å². The number of hydrogen-bond acceptors (Lipinski definition) is 7. The third-order valence-corrected chi connectivity index (χ3v) is 8.04. The number of non-ortho nitro benzene ring substituents is 1. The van der Waals surface area contributed by atoms with E-state index in [9.17, 15) is 29.2 Å². The zero-order valence-corrected chi connectivity index (χ0v) is 19.8. The average molecular weight is 506 g/mol. The van der Waals surface area contributed by atoms with Crippen LogP contribution >= 0.6 is 0 Å². The van der Waals surface area contributed by atoms with Crippen LogP contribution in [0.25, 0.3) is 10.8 Å². The lowest BCUT2D eigenvalue weighted by Crippen LogP contribution is -2.49. The van der Waals surface area contributed by atoms with E-state index in [0.717, 1.165) is 4.90 Å². The summed E-state index contributed by atoms with van der Waals surface area (Å²) in [5.41, 5.74) is -2.25. The summed E-state index contributed by atoms with van der Waals surface area (Å²) in [6.45, 7) is 1.77. The number of nitro benzene ring substituents is 1. The fourth-order valence-corrected chi connectivity index (χ4v) is 6.36. The largest absolute Gasteiger partial charge is 0.493 e. The predicted octanol–water partition coefficient (Wildman–Crippen LogP) is 3.75. The molecular formula is C27H23FN2O7. The molecule has 3 aliphatic heterocycles. The molecule has 0 saturated carbocycles. The molecule has 3 aromatic carbocycles. The monoisotopic (exact) mass is 506 g/mol. The summed E-state index contributed by atoms with van der Waals surface area (Å²) in [5, 5.41) is 23.2. The van der Waals surface area contributed by atoms with Crippen LogP contribution in [0.4, 0.5) is 15.8 Å². The van der Waals surface area contributed by atoms with E-state index < -0.39 is 51.7 Å². The second-order valence-corrected chi connectivity index (χ2v) is 10.00. The number of amides is 2. The van der Waals surface area contributed by atoms with Crippen molar-refractivity contribution in [1.29, 1.82) is 0 Å². The van der Waals surface area contributed by atoms with E-state index in [1.165, 1.54) is 36.4 Å². The quantitative estimate of drug-likeness (QED) is 0.307. The number of halogens is 1. The smallest absolute Gasteiger partial charge is 0.277 e. The Kier molecular flexibility index (Phi) is 5.12. The van der Waals surface area contributed by atoms with E-state index in [0.29, 0.717) is 16.5 Å². The highest BCUT2D eigenvalue weighted by molar-refractivity contribution is 6.26. The molecule has 0 radical (unpaired) electrons. The van der Waals surface area contributed by atoms with Gasteiger partial charge in [-0.1, -0.05) is 18.2 Å². The fourth-order valence-electron chi connectivity index (χ4n) is 6.36. The van der Waals surface area contributed by atoms with Crippen LogP contribution in [0.15, 0.2) is 60.7 Å². The van der Waals surface area contributed by atoms with Crippen molar-refractivity contribution in [3.63, 3.8) is 0 Å². The minimum atomic E-state index is -1.27. The molecule has 0 aliphatic carbocycles. The number of aliphatic hydroxyl groups excluding tert-OH is 1. The lowest BCUT2D eigenvalue weighted by Gasteiger charge is -2.33. The summed E-state index contributed by atoms with van der Waals surface area (Å²) in [4.78, 5) is 39.8. The summed E-state index contributed by atoms with van der Waals surface area (Å²) >= 11 is 0. The molecule has 37 heavy (non-hydrogen) atoms. The van der Waals surface area contributed by atoms with Crippen LogP contribution in [0.1, 0.15) is 19.8 Å². The number of imide groups is 1. The third kappa shape index (κ3) is 3.29. The van der Waals surface area contributed by atoms with Gasteiger partial charge < -0.3 is 14.6 Å². The fraction of sp³-hybridized carbons (Fsp3) is 0.333. The van der Waals surface area contributed by atoms with Crippen LogP contribution in [-0.2, 0) is 14.3 Å². The second-order valence-electron chi connectivity index (χ2n) is 10.00. The van der Waals surface area contributed by atoms with E-state index in [-0.39, 0.29) is 30.8 Å². The van der Waals surface area contributed by atoms with Crippen molar-refractivity contribution in [2.24, 2.45) is 11.8 Å². The van der Waals surface area contributed by atoms with Gasteiger partial charge in [-0.15, -0.1) is 0 Å². The minimum Gasteiger partial charge on any atom is -0.493 e. The highest BCUT2D eigenvalue weighted by Gasteiger charge is 2.77. The van der Waals surface area contributed by atoms with Gasteiger partial charge >= 0.3 is 0 Å². The minimum absolute atomic E-state index is 0.125. The first-order chi connectivity index (χ1) is 17.7. The van der Waals surface area contributed by atoms with Gasteiger partial charge in [0.15, 0.2) is 0 Å². The zero-order chi connectivity index (χ0) is 26.1. The molecule has 2 amide bonds. The number of benzene rings is 3. The van der Waals surface area contributed by atoms with Crippen LogP contribution in [0.2, 0.25) is 0 Å². The lowest BCUT2D eigenvalue weighted by molar-refractivity contribution is -0.383. The van der Waals surface area contributed by atoms with Gasteiger partial charge in [-0.25, -0.2) is 9.29 Å². The van der Waals surface area contributed by atoms with Crippen molar-refractivity contribution in [2.75, 3.05) is 11.5 Å². The summed E-state index contributed by atoms with van der Waals surface area (Å²) in [6, 6.07) is 14.8. The summed E-state index contributed by atoms with van der Waals surface area (Å²) < 4.78 is 25.3.